The normalized spacial score (nSPS) is 12.1. The van der Waals surface area contributed by atoms with Crippen molar-refractivity contribution in [3.8, 4) is 5.82 Å². The number of nitrogens with one attached hydrogen (secondary N) is 1. The van der Waals surface area contributed by atoms with Gasteiger partial charge >= 0.3 is 0 Å². The van der Waals surface area contributed by atoms with Gasteiger partial charge in [0.25, 0.3) is 0 Å². The SMILES string of the molecule is CC[C@H](N)C(=O)Nc1ccc(-n2ccnc2)nc1. The van der Waals surface area contributed by atoms with Gasteiger partial charge in [0.05, 0.1) is 17.9 Å². The summed E-state index contributed by atoms with van der Waals surface area (Å²) in [6, 6.07) is 3.09. The van der Waals surface area contributed by atoms with Crippen LogP contribution in [0.25, 0.3) is 5.82 Å². The summed E-state index contributed by atoms with van der Waals surface area (Å²) < 4.78 is 1.78. The molecule has 0 fully saturated rings. The average molecular weight is 245 g/mol. The van der Waals surface area contributed by atoms with E-state index in [1.807, 2.05) is 6.92 Å². The van der Waals surface area contributed by atoms with Gasteiger partial charge in [-0.3, -0.25) is 9.36 Å². The van der Waals surface area contributed by atoms with Gasteiger partial charge < -0.3 is 11.1 Å². The number of rotatable bonds is 4. The molecule has 0 aromatic carbocycles. The first-order valence-electron chi connectivity index (χ1n) is 5.71. The van der Waals surface area contributed by atoms with Crippen molar-refractivity contribution in [2.24, 2.45) is 5.73 Å². The minimum atomic E-state index is -0.488. The molecule has 2 aromatic rings. The van der Waals surface area contributed by atoms with E-state index < -0.39 is 6.04 Å². The Bertz CT molecular complexity index is 506. The van der Waals surface area contributed by atoms with Gasteiger partial charge in [0, 0.05) is 12.4 Å². The van der Waals surface area contributed by atoms with Crippen molar-refractivity contribution in [1.29, 1.82) is 0 Å². The van der Waals surface area contributed by atoms with Crippen LogP contribution in [-0.4, -0.2) is 26.5 Å². The number of nitrogens with zero attached hydrogens (tertiary/aromatic N) is 3. The molecule has 0 bridgehead atoms. The Labute approximate surface area is 105 Å². The zero-order valence-corrected chi connectivity index (χ0v) is 10.1. The maximum atomic E-state index is 11.6. The fourth-order valence-electron chi connectivity index (χ4n) is 1.43. The standard InChI is InChI=1S/C12H15N5O/c1-2-10(13)12(18)16-9-3-4-11(15-7-9)17-6-5-14-8-17/h3-8,10H,2,13H2,1H3,(H,16,18)/t10-/m0/s1. The van der Waals surface area contributed by atoms with Crippen molar-refractivity contribution < 1.29 is 4.79 Å². The first-order chi connectivity index (χ1) is 8.70. The van der Waals surface area contributed by atoms with Crippen LogP contribution >= 0.6 is 0 Å². The van der Waals surface area contributed by atoms with E-state index in [-0.39, 0.29) is 5.91 Å². The first kappa shape index (κ1) is 12.3. The minimum Gasteiger partial charge on any atom is -0.323 e. The van der Waals surface area contributed by atoms with Crippen molar-refractivity contribution in [3.63, 3.8) is 0 Å². The molecule has 2 aromatic heterocycles. The molecule has 0 aliphatic carbocycles. The molecule has 0 spiro atoms. The van der Waals surface area contributed by atoms with Crippen LogP contribution in [0.5, 0.6) is 0 Å². The Kier molecular flexibility index (Phi) is 3.69. The molecule has 3 N–H and O–H groups in total. The third kappa shape index (κ3) is 2.72. The molecule has 1 amide bonds. The Hall–Kier alpha value is -2.21. The number of aromatic nitrogens is 3. The molecule has 0 unspecified atom stereocenters. The predicted molar refractivity (Wildman–Crippen MR) is 68.3 cm³/mol. The van der Waals surface area contributed by atoms with Crippen LogP contribution in [0, 0.1) is 0 Å². The molecule has 6 heteroatoms. The zero-order chi connectivity index (χ0) is 13.0. The quantitative estimate of drug-likeness (QED) is 0.839. The second-order valence-corrected chi connectivity index (χ2v) is 3.88. The van der Waals surface area contributed by atoms with Gasteiger partial charge in [-0.1, -0.05) is 6.92 Å². The van der Waals surface area contributed by atoms with Crippen LogP contribution in [0.3, 0.4) is 0 Å². The molecule has 6 nitrogen and oxygen atoms in total. The van der Waals surface area contributed by atoms with E-state index in [0.717, 1.165) is 5.82 Å². The molecule has 0 radical (unpaired) electrons. The van der Waals surface area contributed by atoms with Gasteiger partial charge in [-0.2, -0.15) is 0 Å². The number of carbonyl (C=O) groups excluding carboxylic acids is 1. The fourth-order valence-corrected chi connectivity index (χ4v) is 1.43. The van der Waals surface area contributed by atoms with E-state index >= 15 is 0 Å². The Balaban J connectivity index is 2.06. The van der Waals surface area contributed by atoms with Crippen LogP contribution in [0.1, 0.15) is 13.3 Å². The number of pyridine rings is 1. The molecule has 0 aliphatic rings. The van der Waals surface area contributed by atoms with Crippen LogP contribution < -0.4 is 11.1 Å². The molecular formula is C12H15N5O. The van der Waals surface area contributed by atoms with Crippen LogP contribution in [0.2, 0.25) is 0 Å². The number of anilines is 1. The van der Waals surface area contributed by atoms with Crippen LogP contribution in [-0.2, 0) is 4.79 Å². The molecule has 0 saturated carbocycles. The highest BCUT2D eigenvalue weighted by Crippen LogP contribution is 2.09. The number of imidazole rings is 1. The summed E-state index contributed by atoms with van der Waals surface area (Å²) in [5.41, 5.74) is 6.26. The molecule has 94 valence electrons. The van der Waals surface area contributed by atoms with Gasteiger partial charge in [0.2, 0.25) is 5.91 Å². The third-order valence-electron chi connectivity index (χ3n) is 2.56. The molecular weight excluding hydrogens is 230 g/mol. The lowest BCUT2D eigenvalue weighted by Crippen LogP contribution is -2.34. The lowest BCUT2D eigenvalue weighted by Gasteiger charge is -2.10. The number of nitrogens with two attached hydrogens (primary N) is 1. The first-order valence-corrected chi connectivity index (χ1v) is 5.71. The zero-order valence-electron chi connectivity index (χ0n) is 10.1. The van der Waals surface area contributed by atoms with Gasteiger partial charge in [-0.05, 0) is 18.6 Å². The van der Waals surface area contributed by atoms with E-state index in [0.29, 0.717) is 12.1 Å². The molecule has 0 saturated heterocycles. The van der Waals surface area contributed by atoms with Crippen molar-refractivity contribution in [3.05, 3.63) is 37.1 Å². The molecule has 0 aliphatic heterocycles. The topological polar surface area (TPSA) is 85.8 Å². The lowest BCUT2D eigenvalue weighted by atomic mass is 10.2. The average Bonchev–Trinajstić information content (AvgIpc) is 2.92. The molecule has 2 rings (SSSR count). The summed E-state index contributed by atoms with van der Waals surface area (Å²) in [6.45, 7) is 1.87. The summed E-state index contributed by atoms with van der Waals surface area (Å²) in [7, 11) is 0. The minimum absolute atomic E-state index is 0.199. The van der Waals surface area contributed by atoms with E-state index in [1.54, 1.807) is 41.6 Å². The van der Waals surface area contributed by atoms with Gasteiger partial charge in [0.1, 0.15) is 12.1 Å². The highest BCUT2D eigenvalue weighted by molar-refractivity contribution is 5.94. The van der Waals surface area contributed by atoms with Crippen LogP contribution in [0.4, 0.5) is 5.69 Å². The van der Waals surface area contributed by atoms with Crippen molar-refractivity contribution >= 4 is 11.6 Å². The number of hydrogen-bond acceptors (Lipinski definition) is 4. The molecule has 2 heterocycles. The van der Waals surface area contributed by atoms with E-state index in [2.05, 4.69) is 15.3 Å². The van der Waals surface area contributed by atoms with Crippen LogP contribution in [0.15, 0.2) is 37.1 Å². The largest absolute Gasteiger partial charge is 0.323 e. The maximum Gasteiger partial charge on any atom is 0.241 e. The Morgan fingerprint density at radius 3 is 2.94 bits per heavy atom. The predicted octanol–water partition coefficient (Wildman–Crippen LogP) is 0.943. The lowest BCUT2D eigenvalue weighted by molar-refractivity contribution is -0.117. The fraction of sp³-hybridized carbons (Fsp3) is 0.250. The van der Waals surface area contributed by atoms with E-state index in [4.69, 9.17) is 5.73 Å². The number of amides is 1. The van der Waals surface area contributed by atoms with E-state index in [9.17, 15) is 4.79 Å². The smallest absolute Gasteiger partial charge is 0.241 e. The number of hydrogen-bond donors (Lipinski definition) is 2. The summed E-state index contributed by atoms with van der Waals surface area (Å²) in [4.78, 5) is 19.7. The summed E-state index contributed by atoms with van der Waals surface area (Å²) in [5, 5.41) is 2.71. The van der Waals surface area contributed by atoms with Crippen molar-refractivity contribution in [2.75, 3.05) is 5.32 Å². The second-order valence-electron chi connectivity index (χ2n) is 3.88. The second kappa shape index (κ2) is 5.42. The monoisotopic (exact) mass is 245 g/mol. The van der Waals surface area contributed by atoms with Crippen molar-refractivity contribution in [2.45, 2.75) is 19.4 Å². The molecule has 1 atom stereocenters. The summed E-state index contributed by atoms with van der Waals surface area (Å²) in [6.07, 6.45) is 7.33. The van der Waals surface area contributed by atoms with Gasteiger partial charge in [-0.15, -0.1) is 0 Å². The highest BCUT2D eigenvalue weighted by Gasteiger charge is 2.10. The summed E-state index contributed by atoms with van der Waals surface area (Å²) in [5.74, 6) is 0.542. The third-order valence-corrected chi connectivity index (χ3v) is 2.56. The Morgan fingerprint density at radius 2 is 2.39 bits per heavy atom. The number of carbonyl (C=O) groups is 1. The Morgan fingerprint density at radius 1 is 1.56 bits per heavy atom. The summed E-state index contributed by atoms with van der Waals surface area (Å²) >= 11 is 0. The maximum absolute atomic E-state index is 11.6. The molecule has 18 heavy (non-hydrogen) atoms. The van der Waals surface area contributed by atoms with E-state index in [1.165, 1.54) is 0 Å². The van der Waals surface area contributed by atoms with Gasteiger partial charge in [-0.25, -0.2) is 9.97 Å². The van der Waals surface area contributed by atoms with Gasteiger partial charge in [0.15, 0.2) is 0 Å². The van der Waals surface area contributed by atoms with Crippen molar-refractivity contribution in [1.82, 2.24) is 14.5 Å². The highest BCUT2D eigenvalue weighted by atomic mass is 16.2.